The summed E-state index contributed by atoms with van der Waals surface area (Å²) < 4.78 is 0. The highest BCUT2D eigenvalue weighted by Gasteiger charge is 2.20. The molecule has 0 bridgehead atoms. The first kappa shape index (κ1) is 19.4. The number of piperidine rings is 1. The van der Waals surface area contributed by atoms with Gasteiger partial charge in [-0.2, -0.15) is 0 Å². The van der Waals surface area contributed by atoms with Crippen LogP contribution in [0, 0.1) is 5.92 Å². The van der Waals surface area contributed by atoms with Gasteiger partial charge in [0, 0.05) is 25.2 Å². The lowest BCUT2D eigenvalue weighted by Gasteiger charge is -2.34. The average molecular weight is 332 g/mol. The van der Waals surface area contributed by atoms with Gasteiger partial charge in [0.1, 0.15) is 0 Å². The topological polar surface area (TPSA) is 18.5 Å². The lowest BCUT2D eigenvalue weighted by molar-refractivity contribution is 0.184. The zero-order valence-electron chi connectivity index (χ0n) is 16.2. The van der Waals surface area contributed by atoms with Crippen molar-refractivity contribution in [1.29, 1.82) is 0 Å². The van der Waals surface area contributed by atoms with Gasteiger partial charge in [-0.05, 0) is 64.3 Å². The van der Waals surface area contributed by atoms with Gasteiger partial charge >= 0.3 is 0 Å². The molecule has 1 aromatic carbocycles. The molecule has 2 rings (SSSR count). The summed E-state index contributed by atoms with van der Waals surface area (Å²) in [5.74, 6) is 0.763. The molecule has 1 atom stereocenters. The molecule has 0 spiro atoms. The van der Waals surface area contributed by atoms with E-state index in [-0.39, 0.29) is 0 Å². The molecular weight excluding hydrogens is 294 g/mol. The minimum absolute atomic E-state index is 0.654. The molecule has 136 valence electrons. The number of nitrogens with zero attached hydrogens (tertiary/aromatic N) is 2. The molecule has 1 heterocycles. The highest BCUT2D eigenvalue weighted by Crippen LogP contribution is 2.13. The first-order valence-corrected chi connectivity index (χ1v) is 9.70. The summed E-state index contributed by atoms with van der Waals surface area (Å²) in [6.45, 7) is 9.44. The Labute approximate surface area is 149 Å². The van der Waals surface area contributed by atoms with Crippen molar-refractivity contribution < 1.29 is 0 Å². The summed E-state index contributed by atoms with van der Waals surface area (Å²) in [7, 11) is 4.42. The van der Waals surface area contributed by atoms with E-state index >= 15 is 0 Å². The van der Waals surface area contributed by atoms with Crippen LogP contribution in [0.4, 0.5) is 0 Å². The number of nitrogens with one attached hydrogen (secondary N) is 1. The molecule has 1 aliphatic rings. The summed E-state index contributed by atoms with van der Waals surface area (Å²) in [5.41, 5.74) is 1.46. The van der Waals surface area contributed by atoms with E-state index in [2.05, 4.69) is 73.4 Å². The first-order chi connectivity index (χ1) is 11.5. The van der Waals surface area contributed by atoms with Crippen molar-refractivity contribution >= 4 is 0 Å². The van der Waals surface area contributed by atoms with Gasteiger partial charge in [-0.3, -0.25) is 0 Å². The fraction of sp³-hybridized carbons (Fsp3) is 0.714. The van der Waals surface area contributed by atoms with Gasteiger partial charge in [-0.15, -0.1) is 0 Å². The van der Waals surface area contributed by atoms with Crippen LogP contribution in [0.15, 0.2) is 30.3 Å². The molecule has 0 saturated carbocycles. The lowest BCUT2D eigenvalue weighted by Crippen LogP contribution is -2.47. The molecule has 0 aliphatic carbocycles. The number of likely N-dealkylation sites (tertiary alicyclic amines) is 1. The van der Waals surface area contributed by atoms with Gasteiger partial charge in [0.15, 0.2) is 0 Å². The molecular formula is C21H37N3. The number of benzene rings is 1. The molecule has 0 amide bonds. The Balaban J connectivity index is 1.65. The van der Waals surface area contributed by atoms with Crippen LogP contribution in [-0.2, 0) is 6.42 Å². The van der Waals surface area contributed by atoms with E-state index in [1.54, 1.807) is 0 Å². The van der Waals surface area contributed by atoms with E-state index in [1.165, 1.54) is 50.9 Å². The summed E-state index contributed by atoms with van der Waals surface area (Å²) in [4.78, 5) is 5.00. The van der Waals surface area contributed by atoms with E-state index in [0.717, 1.165) is 12.5 Å². The molecule has 3 nitrogen and oxygen atoms in total. The Kier molecular flexibility index (Phi) is 8.23. The van der Waals surface area contributed by atoms with Gasteiger partial charge < -0.3 is 15.1 Å². The highest BCUT2D eigenvalue weighted by molar-refractivity contribution is 5.14. The minimum Gasteiger partial charge on any atom is -0.312 e. The second-order valence-corrected chi connectivity index (χ2v) is 8.01. The zero-order valence-corrected chi connectivity index (χ0v) is 16.2. The van der Waals surface area contributed by atoms with Crippen LogP contribution < -0.4 is 5.32 Å². The number of likely N-dealkylation sites (N-methyl/N-ethyl adjacent to an activating group) is 1. The quantitative estimate of drug-likeness (QED) is 0.749. The SMILES string of the molecule is CC(C)CC(CNC1CCN(CCc2ccccc2)CC1)N(C)C. The summed E-state index contributed by atoms with van der Waals surface area (Å²) >= 11 is 0. The zero-order chi connectivity index (χ0) is 17.4. The molecule has 0 radical (unpaired) electrons. The predicted octanol–water partition coefficient (Wildman–Crippen LogP) is 3.26. The molecule has 1 aliphatic heterocycles. The van der Waals surface area contributed by atoms with Crippen LogP contribution in [0.5, 0.6) is 0 Å². The molecule has 1 aromatic rings. The monoisotopic (exact) mass is 331 g/mol. The van der Waals surface area contributed by atoms with Gasteiger partial charge in [-0.25, -0.2) is 0 Å². The van der Waals surface area contributed by atoms with Gasteiger partial charge in [0.25, 0.3) is 0 Å². The van der Waals surface area contributed by atoms with Gasteiger partial charge in [0.2, 0.25) is 0 Å². The predicted molar refractivity (Wildman–Crippen MR) is 105 cm³/mol. The van der Waals surface area contributed by atoms with E-state index in [1.807, 2.05) is 0 Å². The van der Waals surface area contributed by atoms with Gasteiger partial charge in [0.05, 0.1) is 0 Å². The third kappa shape index (κ3) is 6.92. The van der Waals surface area contributed by atoms with Crippen LogP contribution >= 0.6 is 0 Å². The van der Waals surface area contributed by atoms with Crippen LogP contribution in [0.25, 0.3) is 0 Å². The van der Waals surface area contributed by atoms with Crippen LogP contribution in [0.3, 0.4) is 0 Å². The average Bonchev–Trinajstić information content (AvgIpc) is 2.58. The number of hydrogen-bond donors (Lipinski definition) is 1. The summed E-state index contributed by atoms with van der Waals surface area (Å²) in [5, 5.41) is 3.83. The molecule has 1 N–H and O–H groups in total. The Bertz CT molecular complexity index is 436. The molecule has 1 fully saturated rings. The Hall–Kier alpha value is -0.900. The highest BCUT2D eigenvalue weighted by atomic mass is 15.2. The summed E-state index contributed by atoms with van der Waals surface area (Å²) in [6, 6.07) is 12.2. The minimum atomic E-state index is 0.654. The van der Waals surface area contributed by atoms with Crippen molar-refractivity contribution in [3.8, 4) is 0 Å². The van der Waals surface area contributed by atoms with E-state index in [9.17, 15) is 0 Å². The first-order valence-electron chi connectivity index (χ1n) is 9.70. The van der Waals surface area contributed by atoms with E-state index in [0.29, 0.717) is 12.1 Å². The van der Waals surface area contributed by atoms with Crippen LogP contribution in [-0.4, -0.2) is 62.2 Å². The van der Waals surface area contributed by atoms with Crippen LogP contribution in [0.2, 0.25) is 0 Å². The standard InChI is InChI=1S/C21H37N3/c1-18(2)16-21(23(3)4)17-22-20-11-14-24(15-12-20)13-10-19-8-6-5-7-9-19/h5-9,18,20-22H,10-17H2,1-4H3. The maximum atomic E-state index is 3.83. The van der Waals surface area contributed by atoms with Crippen molar-refractivity contribution in [2.45, 2.75) is 51.6 Å². The molecule has 1 unspecified atom stereocenters. The number of rotatable bonds is 9. The van der Waals surface area contributed by atoms with Crippen molar-refractivity contribution in [3.63, 3.8) is 0 Å². The smallest absolute Gasteiger partial charge is 0.0217 e. The fourth-order valence-electron chi connectivity index (χ4n) is 3.62. The van der Waals surface area contributed by atoms with Crippen molar-refractivity contribution in [1.82, 2.24) is 15.1 Å². The van der Waals surface area contributed by atoms with Crippen LogP contribution in [0.1, 0.15) is 38.7 Å². The Morgan fingerprint density at radius 1 is 1.12 bits per heavy atom. The van der Waals surface area contributed by atoms with E-state index in [4.69, 9.17) is 0 Å². The Morgan fingerprint density at radius 2 is 1.79 bits per heavy atom. The fourth-order valence-corrected chi connectivity index (χ4v) is 3.62. The second kappa shape index (κ2) is 10.2. The largest absolute Gasteiger partial charge is 0.312 e. The van der Waals surface area contributed by atoms with E-state index < -0.39 is 0 Å². The summed E-state index contributed by atoms with van der Waals surface area (Å²) in [6.07, 6.45) is 5.03. The third-order valence-electron chi connectivity index (χ3n) is 5.26. The molecule has 24 heavy (non-hydrogen) atoms. The normalized spacial score (nSPS) is 18.4. The Morgan fingerprint density at radius 3 is 2.38 bits per heavy atom. The molecule has 0 aromatic heterocycles. The van der Waals surface area contributed by atoms with Crippen molar-refractivity contribution in [2.24, 2.45) is 5.92 Å². The lowest BCUT2D eigenvalue weighted by atomic mass is 10.0. The maximum Gasteiger partial charge on any atom is 0.0217 e. The van der Waals surface area contributed by atoms with Crippen molar-refractivity contribution in [3.05, 3.63) is 35.9 Å². The second-order valence-electron chi connectivity index (χ2n) is 8.01. The molecule has 1 saturated heterocycles. The maximum absolute atomic E-state index is 3.83. The van der Waals surface area contributed by atoms with Crippen molar-refractivity contribution in [2.75, 3.05) is 40.3 Å². The van der Waals surface area contributed by atoms with Gasteiger partial charge in [-0.1, -0.05) is 44.2 Å². The third-order valence-corrected chi connectivity index (χ3v) is 5.26. The molecule has 3 heteroatoms. The number of hydrogen-bond acceptors (Lipinski definition) is 3.